The fraction of sp³-hybridized carbons (Fsp3) is 0.583. The van der Waals surface area contributed by atoms with E-state index < -0.39 is 0 Å². The molecule has 0 aromatic carbocycles. The first-order valence-corrected chi connectivity index (χ1v) is 5.69. The molecule has 0 amide bonds. The number of anilines is 1. The van der Waals surface area contributed by atoms with Crippen LogP contribution in [0, 0.1) is 5.95 Å². The van der Waals surface area contributed by atoms with Crippen molar-refractivity contribution in [1.82, 2.24) is 4.98 Å². The third kappa shape index (κ3) is 2.28. The van der Waals surface area contributed by atoms with Crippen molar-refractivity contribution < 1.29 is 4.39 Å². The lowest BCUT2D eigenvalue weighted by atomic mass is 9.99. The molecule has 0 aliphatic carbocycles. The second kappa shape index (κ2) is 4.60. The highest BCUT2D eigenvalue weighted by atomic mass is 19.1. The van der Waals surface area contributed by atoms with Gasteiger partial charge in [0, 0.05) is 30.5 Å². The molecule has 2 rings (SSSR count). The number of piperidine rings is 1. The molecule has 1 aliphatic heterocycles. The number of hydrogen-bond donors (Lipinski definition) is 0. The summed E-state index contributed by atoms with van der Waals surface area (Å²) in [5.74, 6) is -0.382. The van der Waals surface area contributed by atoms with Crippen LogP contribution in [-0.4, -0.2) is 17.6 Å². The van der Waals surface area contributed by atoms with Gasteiger partial charge in [-0.2, -0.15) is 4.39 Å². The van der Waals surface area contributed by atoms with Gasteiger partial charge in [0.2, 0.25) is 5.95 Å². The summed E-state index contributed by atoms with van der Waals surface area (Å²) in [5, 5.41) is 0. The first-order valence-electron chi connectivity index (χ1n) is 5.69. The van der Waals surface area contributed by atoms with Crippen molar-refractivity contribution in [1.29, 1.82) is 0 Å². The summed E-state index contributed by atoms with van der Waals surface area (Å²) in [6, 6.07) is 4.01. The molecule has 1 fully saturated rings. The van der Waals surface area contributed by atoms with E-state index in [0.29, 0.717) is 6.04 Å². The summed E-state index contributed by atoms with van der Waals surface area (Å²) in [6.07, 6.45) is 6.40. The summed E-state index contributed by atoms with van der Waals surface area (Å²) in [5.41, 5.74) is 0.981. The van der Waals surface area contributed by atoms with Crippen LogP contribution >= 0.6 is 0 Å². The summed E-state index contributed by atoms with van der Waals surface area (Å²) in [4.78, 5) is 5.91. The zero-order valence-corrected chi connectivity index (χ0v) is 9.12. The second-order valence-electron chi connectivity index (χ2n) is 4.09. The van der Waals surface area contributed by atoms with Gasteiger partial charge in [0.25, 0.3) is 0 Å². The lowest BCUT2D eigenvalue weighted by molar-refractivity contribution is 0.448. The van der Waals surface area contributed by atoms with E-state index in [0.717, 1.165) is 18.7 Å². The molecule has 0 saturated carbocycles. The van der Waals surface area contributed by atoms with Crippen molar-refractivity contribution in [3.05, 3.63) is 24.3 Å². The van der Waals surface area contributed by atoms with Crippen molar-refractivity contribution in [2.75, 3.05) is 11.4 Å². The number of hydrogen-bond acceptors (Lipinski definition) is 2. The summed E-state index contributed by atoms with van der Waals surface area (Å²) in [7, 11) is 0. The van der Waals surface area contributed by atoms with Gasteiger partial charge in [0.05, 0.1) is 0 Å². The summed E-state index contributed by atoms with van der Waals surface area (Å²) < 4.78 is 13.0. The van der Waals surface area contributed by atoms with Crippen molar-refractivity contribution in [2.45, 2.75) is 38.6 Å². The maximum Gasteiger partial charge on any atom is 0.214 e. The monoisotopic (exact) mass is 208 g/mol. The minimum Gasteiger partial charge on any atom is -0.368 e. The second-order valence-corrected chi connectivity index (χ2v) is 4.09. The summed E-state index contributed by atoms with van der Waals surface area (Å²) >= 11 is 0. The minimum atomic E-state index is -0.382. The Hall–Kier alpha value is -1.12. The van der Waals surface area contributed by atoms with E-state index in [1.807, 2.05) is 6.07 Å². The number of rotatable bonds is 2. The van der Waals surface area contributed by atoms with Gasteiger partial charge in [-0.05, 0) is 31.7 Å². The van der Waals surface area contributed by atoms with Crippen LogP contribution in [0.2, 0.25) is 0 Å². The maximum atomic E-state index is 13.0. The van der Waals surface area contributed by atoms with E-state index in [1.165, 1.54) is 25.3 Å². The molecule has 0 radical (unpaired) electrons. The molecule has 1 aliphatic rings. The quantitative estimate of drug-likeness (QED) is 0.694. The van der Waals surface area contributed by atoms with Crippen LogP contribution in [0.15, 0.2) is 18.3 Å². The van der Waals surface area contributed by atoms with E-state index >= 15 is 0 Å². The average Bonchev–Trinajstić information content (AvgIpc) is 2.29. The fourth-order valence-electron chi connectivity index (χ4n) is 2.34. The van der Waals surface area contributed by atoms with Crippen molar-refractivity contribution in [2.24, 2.45) is 0 Å². The van der Waals surface area contributed by atoms with Crippen LogP contribution < -0.4 is 4.90 Å². The molecule has 0 spiro atoms. The molecule has 1 aromatic rings. The van der Waals surface area contributed by atoms with Crippen LogP contribution in [0.25, 0.3) is 0 Å². The highest BCUT2D eigenvalue weighted by Crippen LogP contribution is 2.26. The Morgan fingerprint density at radius 3 is 3.13 bits per heavy atom. The molecule has 2 nitrogen and oxygen atoms in total. The highest BCUT2D eigenvalue weighted by Gasteiger charge is 2.21. The Morgan fingerprint density at radius 1 is 1.53 bits per heavy atom. The molecule has 0 bridgehead atoms. The van der Waals surface area contributed by atoms with Crippen LogP contribution in [0.3, 0.4) is 0 Å². The normalized spacial score (nSPS) is 21.7. The van der Waals surface area contributed by atoms with Crippen molar-refractivity contribution >= 4 is 5.69 Å². The molecule has 0 N–H and O–H groups in total. The molecule has 82 valence electrons. The molecule has 0 unspecified atom stereocenters. The maximum absolute atomic E-state index is 13.0. The highest BCUT2D eigenvalue weighted by molar-refractivity contribution is 5.46. The zero-order valence-electron chi connectivity index (χ0n) is 9.12. The molecule has 1 aromatic heterocycles. The zero-order chi connectivity index (χ0) is 10.7. The van der Waals surface area contributed by atoms with Gasteiger partial charge in [0.15, 0.2) is 0 Å². The smallest absolute Gasteiger partial charge is 0.214 e. The number of halogens is 1. The Kier molecular flexibility index (Phi) is 3.19. The third-order valence-electron chi connectivity index (χ3n) is 3.14. The van der Waals surface area contributed by atoms with Crippen LogP contribution in [0.1, 0.15) is 32.6 Å². The number of nitrogens with zero attached hydrogens (tertiary/aromatic N) is 2. The van der Waals surface area contributed by atoms with Crippen LogP contribution in [-0.2, 0) is 0 Å². The fourth-order valence-corrected chi connectivity index (χ4v) is 2.34. The van der Waals surface area contributed by atoms with Gasteiger partial charge in [-0.3, -0.25) is 0 Å². The Bertz CT molecular complexity index is 327. The Balaban J connectivity index is 2.20. The first kappa shape index (κ1) is 10.4. The van der Waals surface area contributed by atoms with E-state index in [1.54, 1.807) is 6.20 Å². The van der Waals surface area contributed by atoms with Gasteiger partial charge >= 0.3 is 0 Å². The van der Waals surface area contributed by atoms with Crippen molar-refractivity contribution in [3.8, 4) is 0 Å². The van der Waals surface area contributed by atoms with E-state index in [9.17, 15) is 4.39 Å². The molecule has 1 saturated heterocycles. The van der Waals surface area contributed by atoms with Gasteiger partial charge in [0.1, 0.15) is 0 Å². The van der Waals surface area contributed by atoms with Gasteiger partial charge < -0.3 is 4.90 Å². The largest absolute Gasteiger partial charge is 0.368 e. The predicted octanol–water partition coefficient (Wildman–Crippen LogP) is 2.99. The third-order valence-corrected chi connectivity index (χ3v) is 3.14. The number of pyridine rings is 1. The van der Waals surface area contributed by atoms with Crippen LogP contribution in [0.5, 0.6) is 0 Å². The molecule has 15 heavy (non-hydrogen) atoms. The molecule has 2 heterocycles. The number of aromatic nitrogens is 1. The Labute approximate surface area is 90.1 Å². The topological polar surface area (TPSA) is 16.1 Å². The molecule has 1 atom stereocenters. The molecule has 3 heteroatoms. The van der Waals surface area contributed by atoms with Gasteiger partial charge in [-0.15, -0.1) is 0 Å². The SMILES string of the molecule is CC[C@H]1CCCCN1c1ccnc(F)c1. The van der Waals surface area contributed by atoms with E-state index in [-0.39, 0.29) is 5.95 Å². The lowest BCUT2D eigenvalue weighted by Crippen LogP contribution is -2.39. The van der Waals surface area contributed by atoms with Gasteiger partial charge in [-0.25, -0.2) is 4.98 Å². The molecular formula is C12H17FN2. The summed E-state index contributed by atoms with van der Waals surface area (Å²) in [6.45, 7) is 3.24. The minimum absolute atomic E-state index is 0.382. The van der Waals surface area contributed by atoms with Gasteiger partial charge in [-0.1, -0.05) is 6.92 Å². The lowest BCUT2D eigenvalue weighted by Gasteiger charge is -2.37. The molecular weight excluding hydrogens is 191 g/mol. The van der Waals surface area contributed by atoms with E-state index in [4.69, 9.17) is 0 Å². The predicted molar refractivity (Wildman–Crippen MR) is 59.5 cm³/mol. The van der Waals surface area contributed by atoms with Crippen LogP contribution in [0.4, 0.5) is 10.1 Å². The van der Waals surface area contributed by atoms with Crippen molar-refractivity contribution in [3.63, 3.8) is 0 Å². The average molecular weight is 208 g/mol. The van der Waals surface area contributed by atoms with E-state index in [2.05, 4.69) is 16.8 Å². The first-order chi connectivity index (χ1) is 7.31. The standard InChI is InChI=1S/C12H17FN2/c1-2-10-5-3-4-8-15(10)11-6-7-14-12(13)9-11/h6-7,9-10H,2-5,8H2,1H3/t10-/m0/s1. The Morgan fingerprint density at radius 2 is 2.40 bits per heavy atom.